The molecule has 0 heterocycles. The van der Waals surface area contributed by atoms with Crippen molar-refractivity contribution in [1.29, 1.82) is 0 Å². The number of rotatable bonds is 3. The van der Waals surface area contributed by atoms with Crippen LogP contribution in [0.25, 0.3) is 0 Å². The quantitative estimate of drug-likeness (QED) is 0.278. The first-order valence-corrected chi connectivity index (χ1v) is 4.30. The van der Waals surface area contributed by atoms with E-state index in [1.807, 2.05) is 0 Å². The molecular weight excluding hydrogens is 168 g/mol. The van der Waals surface area contributed by atoms with Crippen molar-refractivity contribution < 1.29 is 14.3 Å². The van der Waals surface area contributed by atoms with Crippen LogP contribution >= 0.6 is 0 Å². The predicted octanol–water partition coefficient (Wildman–Crippen LogP) is 0.861. The number of esters is 1. The highest BCUT2D eigenvalue weighted by atomic mass is 16.5. The summed E-state index contributed by atoms with van der Waals surface area (Å²) >= 11 is 0. The zero-order valence-corrected chi connectivity index (χ0v) is 7.10. The van der Waals surface area contributed by atoms with Crippen LogP contribution in [-0.2, 0) is 14.3 Å². The molecule has 2 aliphatic carbocycles. The maximum atomic E-state index is 10.5. The van der Waals surface area contributed by atoms with Crippen LogP contribution in [0.4, 0.5) is 0 Å². The summed E-state index contributed by atoms with van der Waals surface area (Å²) in [6, 6.07) is 0. The Hall–Kier alpha value is -1.38. The fourth-order valence-corrected chi connectivity index (χ4v) is 1.87. The minimum absolute atomic E-state index is 0.198. The molecular formula is C10H10O3. The molecule has 0 aliphatic heterocycles. The van der Waals surface area contributed by atoms with E-state index < -0.39 is 5.97 Å². The lowest BCUT2D eigenvalue weighted by molar-refractivity contribution is -0.147. The first-order valence-electron chi connectivity index (χ1n) is 4.30. The molecule has 68 valence electrons. The van der Waals surface area contributed by atoms with E-state index in [0.717, 1.165) is 12.0 Å². The van der Waals surface area contributed by atoms with Crippen molar-refractivity contribution in [3.63, 3.8) is 0 Å². The molecule has 0 spiro atoms. The smallest absolute Gasteiger partial charge is 0.371 e. The number of hydrogen-bond acceptors (Lipinski definition) is 3. The number of ether oxygens (including phenoxy) is 1. The Kier molecular flexibility index (Phi) is 2.00. The van der Waals surface area contributed by atoms with Crippen molar-refractivity contribution in [3.8, 4) is 0 Å². The lowest BCUT2D eigenvalue weighted by Gasteiger charge is -2.08. The van der Waals surface area contributed by atoms with Gasteiger partial charge in [0, 0.05) is 5.92 Å². The van der Waals surface area contributed by atoms with Crippen molar-refractivity contribution in [2.24, 2.45) is 11.8 Å². The molecule has 0 N–H and O–H groups in total. The molecule has 0 aromatic rings. The zero-order valence-electron chi connectivity index (χ0n) is 7.10. The molecule has 3 nitrogen and oxygen atoms in total. The van der Waals surface area contributed by atoms with Gasteiger partial charge in [0.25, 0.3) is 0 Å². The average molecular weight is 178 g/mol. The molecule has 0 fully saturated rings. The van der Waals surface area contributed by atoms with Crippen molar-refractivity contribution in [1.82, 2.24) is 0 Å². The Morgan fingerprint density at radius 1 is 1.62 bits per heavy atom. The fraction of sp³-hybridized carbons (Fsp3) is 0.400. The molecule has 2 atom stereocenters. The molecule has 2 bridgehead atoms. The topological polar surface area (TPSA) is 43.4 Å². The highest BCUT2D eigenvalue weighted by Gasteiger charge is 2.28. The average Bonchev–Trinajstić information content (AvgIpc) is 2.74. The van der Waals surface area contributed by atoms with Gasteiger partial charge in [0.05, 0.1) is 0 Å². The molecule has 0 aromatic carbocycles. The van der Waals surface area contributed by atoms with E-state index in [2.05, 4.69) is 18.2 Å². The Morgan fingerprint density at radius 2 is 2.46 bits per heavy atom. The largest absolute Gasteiger partial charge is 0.456 e. The van der Waals surface area contributed by atoms with E-state index in [0.29, 0.717) is 11.8 Å². The van der Waals surface area contributed by atoms with Gasteiger partial charge >= 0.3 is 5.97 Å². The van der Waals surface area contributed by atoms with Crippen LogP contribution in [0.15, 0.2) is 23.8 Å². The Morgan fingerprint density at radius 3 is 3.00 bits per heavy atom. The Bertz CT molecular complexity index is 301. The van der Waals surface area contributed by atoms with E-state index in [-0.39, 0.29) is 12.9 Å². The second kappa shape index (κ2) is 3.17. The molecule has 0 saturated heterocycles. The Balaban J connectivity index is 1.87. The second-order valence-electron chi connectivity index (χ2n) is 3.36. The third-order valence-electron chi connectivity index (χ3n) is 2.50. The van der Waals surface area contributed by atoms with Crippen LogP contribution < -0.4 is 0 Å². The summed E-state index contributed by atoms with van der Waals surface area (Å²) < 4.78 is 4.72. The third kappa shape index (κ3) is 1.54. The number of hydrogen-bond donors (Lipinski definition) is 0. The Labute approximate surface area is 76.1 Å². The van der Waals surface area contributed by atoms with Gasteiger partial charge in [-0.15, -0.1) is 0 Å². The minimum atomic E-state index is -0.785. The molecule has 0 amide bonds. The first kappa shape index (κ1) is 8.23. The van der Waals surface area contributed by atoms with Crippen LogP contribution in [0.2, 0.25) is 0 Å². The van der Waals surface area contributed by atoms with E-state index in [1.165, 1.54) is 0 Å². The van der Waals surface area contributed by atoms with Crippen LogP contribution in [-0.4, -0.2) is 18.9 Å². The van der Waals surface area contributed by atoms with Crippen LogP contribution in [0.3, 0.4) is 0 Å². The van der Waals surface area contributed by atoms with Crippen molar-refractivity contribution in [3.05, 3.63) is 23.8 Å². The number of carbonyl (C=O) groups excluding carboxylic acids is 2. The van der Waals surface area contributed by atoms with Gasteiger partial charge in [-0.3, -0.25) is 4.79 Å². The number of fused-ring (bicyclic) bond motifs is 2. The summed E-state index contributed by atoms with van der Waals surface area (Å²) in [5.74, 6) is 0.173. The lowest BCUT2D eigenvalue weighted by atomic mass is 10.0. The van der Waals surface area contributed by atoms with E-state index in [9.17, 15) is 9.59 Å². The van der Waals surface area contributed by atoms with E-state index in [4.69, 9.17) is 4.74 Å². The first-order chi connectivity index (χ1) is 6.29. The van der Waals surface area contributed by atoms with Gasteiger partial charge in [-0.1, -0.05) is 18.2 Å². The molecule has 0 radical (unpaired) electrons. The number of carbonyl (C=O) groups is 2. The van der Waals surface area contributed by atoms with Crippen molar-refractivity contribution >= 4 is 12.3 Å². The maximum absolute atomic E-state index is 10.5. The lowest BCUT2D eigenvalue weighted by Crippen LogP contribution is -2.10. The second-order valence-corrected chi connectivity index (χ2v) is 3.36. The molecule has 13 heavy (non-hydrogen) atoms. The molecule has 2 aliphatic rings. The van der Waals surface area contributed by atoms with Gasteiger partial charge in [-0.2, -0.15) is 0 Å². The minimum Gasteiger partial charge on any atom is -0.456 e. The summed E-state index contributed by atoms with van der Waals surface area (Å²) in [7, 11) is 0. The molecule has 0 saturated carbocycles. The molecule has 0 aromatic heterocycles. The predicted molar refractivity (Wildman–Crippen MR) is 45.8 cm³/mol. The molecule has 3 heteroatoms. The summed E-state index contributed by atoms with van der Waals surface area (Å²) in [5.41, 5.74) is 1.13. The summed E-state index contributed by atoms with van der Waals surface area (Å²) in [4.78, 5) is 20.5. The van der Waals surface area contributed by atoms with Crippen molar-refractivity contribution in [2.75, 3.05) is 6.61 Å². The maximum Gasteiger partial charge on any atom is 0.371 e. The third-order valence-corrected chi connectivity index (χ3v) is 2.50. The van der Waals surface area contributed by atoms with Gasteiger partial charge in [0.2, 0.25) is 6.29 Å². The SMILES string of the molecule is O=CC(=O)OCC1=C[C@H]2C=C[C@@H]1C2. The van der Waals surface area contributed by atoms with Crippen molar-refractivity contribution in [2.45, 2.75) is 6.42 Å². The van der Waals surface area contributed by atoms with Crippen LogP contribution in [0.5, 0.6) is 0 Å². The van der Waals surface area contributed by atoms with Gasteiger partial charge in [-0.05, 0) is 17.9 Å². The van der Waals surface area contributed by atoms with Gasteiger partial charge < -0.3 is 4.74 Å². The fourth-order valence-electron chi connectivity index (χ4n) is 1.87. The van der Waals surface area contributed by atoms with Gasteiger partial charge in [0.1, 0.15) is 6.61 Å². The monoisotopic (exact) mass is 178 g/mol. The highest BCUT2D eigenvalue weighted by Crippen LogP contribution is 2.37. The molecule has 2 rings (SSSR count). The normalized spacial score (nSPS) is 28.8. The zero-order chi connectivity index (χ0) is 9.26. The standard InChI is InChI=1S/C10H10O3/c11-5-10(12)13-6-9-4-7-1-2-8(9)3-7/h1-2,4-5,7-8H,3,6H2/t7-,8+/m0/s1. The van der Waals surface area contributed by atoms with Crippen LogP contribution in [0, 0.1) is 11.8 Å². The summed E-state index contributed by atoms with van der Waals surface area (Å²) in [6.07, 6.45) is 7.71. The summed E-state index contributed by atoms with van der Waals surface area (Å²) in [6.45, 7) is 0.267. The summed E-state index contributed by atoms with van der Waals surface area (Å²) in [5, 5.41) is 0. The van der Waals surface area contributed by atoms with Gasteiger partial charge in [0.15, 0.2) is 0 Å². The highest BCUT2D eigenvalue weighted by molar-refractivity contribution is 6.20. The number of allylic oxidation sites excluding steroid dienone is 3. The van der Waals surface area contributed by atoms with Gasteiger partial charge in [-0.25, -0.2) is 4.79 Å². The number of aldehydes is 1. The van der Waals surface area contributed by atoms with Crippen LogP contribution in [0.1, 0.15) is 6.42 Å². The van der Waals surface area contributed by atoms with E-state index in [1.54, 1.807) is 0 Å². The molecule has 0 unspecified atom stereocenters. The van der Waals surface area contributed by atoms with E-state index >= 15 is 0 Å².